The maximum atomic E-state index is 13.0. The van der Waals surface area contributed by atoms with Crippen molar-refractivity contribution in [2.45, 2.75) is 13.0 Å². The quantitative estimate of drug-likeness (QED) is 0.653. The minimum Gasteiger partial charge on any atom is -0.338 e. The monoisotopic (exact) mass is 376 g/mol. The van der Waals surface area contributed by atoms with Crippen LogP contribution >= 0.6 is 12.4 Å². The molecule has 0 fully saturated rings. The van der Waals surface area contributed by atoms with Crippen LogP contribution in [-0.2, 0) is 13.0 Å². The van der Waals surface area contributed by atoms with Crippen LogP contribution in [-0.4, -0.2) is 34.7 Å². The van der Waals surface area contributed by atoms with E-state index in [0.29, 0.717) is 24.8 Å². The van der Waals surface area contributed by atoms with Crippen molar-refractivity contribution in [2.24, 2.45) is 5.73 Å². The lowest BCUT2D eigenvalue weighted by Gasteiger charge is -2.19. The summed E-state index contributed by atoms with van der Waals surface area (Å²) in [5.74, 6) is 0.703. The fourth-order valence-corrected chi connectivity index (χ4v) is 2.61. The Balaban J connectivity index is 0.00000243. The van der Waals surface area contributed by atoms with E-state index in [1.54, 1.807) is 12.1 Å². The molecule has 1 aromatic heterocycles. The number of hydrogen-bond donors (Lipinski definition) is 1. The standard InChI is InChI=1S/C19H21FN4O.ClH/c20-17-8-6-16(7-9-17)19-22-18(25-23-19)14-24(13-11-21)12-10-15-4-2-1-3-5-15;/h1-9H,10-14,21H2;1H. The van der Waals surface area contributed by atoms with Gasteiger partial charge < -0.3 is 10.3 Å². The number of halogens is 2. The Labute approximate surface area is 158 Å². The minimum absolute atomic E-state index is 0. The van der Waals surface area contributed by atoms with Gasteiger partial charge in [-0.25, -0.2) is 4.39 Å². The molecule has 0 atom stereocenters. The third-order valence-corrected chi connectivity index (χ3v) is 3.93. The van der Waals surface area contributed by atoms with Crippen molar-refractivity contribution in [3.05, 3.63) is 71.9 Å². The van der Waals surface area contributed by atoms with Crippen LogP contribution in [0, 0.1) is 5.82 Å². The third-order valence-electron chi connectivity index (χ3n) is 3.93. The first kappa shape index (κ1) is 20.0. The summed E-state index contributed by atoms with van der Waals surface area (Å²) in [7, 11) is 0. The van der Waals surface area contributed by atoms with Crippen LogP contribution in [0.3, 0.4) is 0 Å². The highest BCUT2D eigenvalue weighted by atomic mass is 35.5. The maximum absolute atomic E-state index is 13.0. The van der Waals surface area contributed by atoms with Gasteiger partial charge in [-0.3, -0.25) is 4.90 Å². The van der Waals surface area contributed by atoms with E-state index in [2.05, 4.69) is 27.2 Å². The second-order valence-electron chi connectivity index (χ2n) is 5.82. The highest BCUT2D eigenvalue weighted by Gasteiger charge is 2.13. The van der Waals surface area contributed by atoms with Crippen LogP contribution < -0.4 is 5.73 Å². The fourth-order valence-electron chi connectivity index (χ4n) is 2.61. The van der Waals surface area contributed by atoms with Crippen LogP contribution in [0.4, 0.5) is 4.39 Å². The molecular formula is C19H22ClFN4O. The SMILES string of the molecule is Cl.NCCN(CCc1ccccc1)Cc1nc(-c2ccc(F)cc2)no1. The van der Waals surface area contributed by atoms with Gasteiger partial charge in [-0.2, -0.15) is 4.98 Å². The Morgan fingerprint density at radius 1 is 1.00 bits per heavy atom. The fraction of sp³-hybridized carbons (Fsp3) is 0.263. The van der Waals surface area contributed by atoms with Crippen molar-refractivity contribution in [3.8, 4) is 11.4 Å². The average Bonchev–Trinajstić information content (AvgIpc) is 3.10. The predicted molar refractivity (Wildman–Crippen MR) is 101 cm³/mol. The number of rotatable bonds is 8. The van der Waals surface area contributed by atoms with Crippen LogP contribution in [0.5, 0.6) is 0 Å². The van der Waals surface area contributed by atoms with Gasteiger partial charge in [0.25, 0.3) is 0 Å². The number of nitrogens with two attached hydrogens (primary N) is 1. The van der Waals surface area contributed by atoms with E-state index in [-0.39, 0.29) is 18.2 Å². The van der Waals surface area contributed by atoms with Crippen LogP contribution in [0.1, 0.15) is 11.5 Å². The molecule has 0 bridgehead atoms. The van der Waals surface area contributed by atoms with E-state index >= 15 is 0 Å². The molecule has 0 spiro atoms. The van der Waals surface area contributed by atoms with E-state index in [4.69, 9.17) is 10.3 Å². The first-order chi connectivity index (χ1) is 12.2. The van der Waals surface area contributed by atoms with Gasteiger partial charge in [0, 0.05) is 25.2 Å². The molecule has 0 aliphatic heterocycles. The van der Waals surface area contributed by atoms with Crippen molar-refractivity contribution in [3.63, 3.8) is 0 Å². The van der Waals surface area contributed by atoms with Crippen LogP contribution in [0.15, 0.2) is 59.1 Å². The molecule has 0 saturated heterocycles. The van der Waals surface area contributed by atoms with Crippen molar-refractivity contribution in [1.82, 2.24) is 15.0 Å². The zero-order valence-corrected chi connectivity index (χ0v) is 15.2. The molecule has 1 heterocycles. The molecule has 3 aromatic rings. The van der Waals surface area contributed by atoms with Crippen molar-refractivity contribution >= 4 is 12.4 Å². The molecule has 7 heteroatoms. The van der Waals surface area contributed by atoms with E-state index in [1.165, 1.54) is 17.7 Å². The number of aromatic nitrogens is 2. The summed E-state index contributed by atoms with van der Waals surface area (Å²) in [6.45, 7) is 2.71. The van der Waals surface area contributed by atoms with Gasteiger partial charge in [-0.15, -0.1) is 12.4 Å². The molecule has 3 rings (SSSR count). The van der Waals surface area contributed by atoms with E-state index in [1.807, 2.05) is 18.2 Å². The smallest absolute Gasteiger partial charge is 0.241 e. The van der Waals surface area contributed by atoms with Gasteiger partial charge in [0.15, 0.2) is 0 Å². The van der Waals surface area contributed by atoms with Crippen molar-refractivity contribution < 1.29 is 8.91 Å². The highest BCUT2D eigenvalue weighted by Crippen LogP contribution is 2.17. The second-order valence-corrected chi connectivity index (χ2v) is 5.82. The summed E-state index contributed by atoms with van der Waals surface area (Å²) in [6, 6.07) is 16.3. The normalized spacial score (nSPS) is 10.7. The lowest BCUT2D eigenvalue weighted by Crippen LogP contribution is -2.31. The molecule has 5 nitrogen and oxygen atoms in total. The molecule has 138 valence electrons. The van der Waals surface area contributed by atoms with Gasteiger partial charge in [0.05, 0.1) is 6.54 Å². The molecule has 0 aliphatic rings. The lowest BCUT2D eigenvalue weighted by atomic mass is 10.1. The molecule has 0 unspecified atom stereocenters. The number of benzene rings is 2. The van der Waals surface area contributed by atoms with Gasteiger partial charge in [0.1, 0.15) is 5.82 Å². The van der Waals surface area contributed by atoms with Gasteiger partial charge in [-0.05, 0) is 36.2 Å². The lowest BCUT2D eigenvalue weighted by molar-refractivity contribution is 0.234. The summed E-state index contributed by atoms with van der Waals surface area (Å²) in [5.41, 5.74) is 7.73. The Morgan fingerprint density at radius 3 is 2.42 bits per heavy atom. The Bertz CT molecular complexity index is 780. The summed E-state index contributed by atoms with van der Waals surface area (Å²) in [5, 5.41) is 3.98. The summed E-state index contributed by atoms with van der Waals surface area (Å²) in [6.07, 6.45) is 0.930. The molecule has 0 radical (unpaired) electrons. The summed E-state index contributed by atoms with van der Waals surface area (Å²) >= 11 is 0. The molecule has 2 N–H and O–H groups in total. The minimum atomic E-state index is -0.289. The molecule has 26 heavy (non-hydrogen) atoms. The Morgan fingerprint density at radius 2 is 1.73 bits per heavy atom. The average molecular weight is 377 g/mol. The topological polar surface area (TPSA) is 68.2 Å². The van der Waals surface area contributed by atoms with Crippen LogP contribution in [0.25, 0.3) is 11.4 Å². The van der Waals surface area contributed by atoms with Crippen molar-refractivity contribution in [1.29, 1.82) is 0 Å². The second kappa shape index (κ2) is 10.0. The van der Waals surface area contributed by atoms with E-state index in [0.717, 1.165) is 25.1 Å². The summed E-state index contributed by atoms with van der Waals surface area (Å²) < 4.78 is 18.3. The highest BCUT2D eigenvalue weighted by molar-refractivity contribution is 5.85. The van der Waals surface area contributed by atoms with Gasteiger partial charge >= 0.3 is 0 Å². The zero-order valence-electron chi connectivity index (χ0n) is 14.3. The van der Waals surface area contributed by atoms with Gasteiger partial charge in [-0.1, -0.05) is 35.5 Å². The molecule has 0 amide bonds. The predicted octanol–water partition coefficient (Wildman–Crippen LogP) is 3.30. The number of nitrogens with zero attached hydrogens (tertiary/aromatic N) is 3. The largest absolute Gasteiger partial charge is 0.338 e. The first-order valence-electron chi connectivity index (χ1n) is 8.29. The van der Waals surface area contributed by atoms with E-state index in [9.17, 15) is 4.39 Å². The van der Waals surface area contributed by atoms with Crippen LogP contribution in [0.2, 0.25) is 0 Å². The van der Waals surface area contributed by atoms with Crippen molar-refractivity contribution in [2.75, 3.05) is 19.6 Å². The first-order valence-corrected chi connectivity index (χ1v) is 8.29. The number of hydrogen-bond acceptors (Lipinski definition) is 5. The summed E-state index contributed by atoms with van der Waals surface area (Å²) in [4.78, 5) is 6.59. The molecule has 2 aromatic carbocycles. The molecule has 0 aliphatic carbocycles. The van der Waals surface area contributed by atoms with E-state index < -0.39 is 0 Å². The maximum Gasteiger partial charge on any atom is 0.241 e. The Hall–Kier alpha value is -2.28. The third kappa shape index (κ3) is 5.62. The Kier molecular flexibility index (Phi) is 7.72. The zero-order chi connectivity index (χ0) is 17.5. The van der Waals surface area contributed by atoms with Gasteiger partial charge in [0.2, 0.25) is 11.7 Å². The molecule has 0 saturated carbocycles. The molecular weight excluding hydrogens is 355 g/mol.